The molecule has 1 amide bonds. The maximum absolute atomic E-state index is 13.3. The highest BCUT2D eigenvalue weighted by Crippen LogP contribution is 2.47. The van der Waals surface area contributed by atoms with Crippen molar-refractivity contribution in [2.45, 2.75) is 30.8 Å². The first-order chi connectivity index (χ1) is 13.7. The van der Waals surface area contributed by atoms with E-state index in [-0.39, 0.29) is 17.5 Å². The summed E-state index contributed by atoms with van der Waals surface area (Å²) in [6, 6.07) is 12.0. The third-order valence-electron chi connectivity index (χ3n) is 6.83. The standard InChI is InChI=1S/C22H25N3O3/c1-28-17-5-2-14(3-6-17)18-13-25(22(27)16-4-7-19(26)23-12-16)20-15-8-10-24(11-9-15)21(18)20/h2-7,12,15,18,20-21H,8-11,13H2,1H3,(H,23,26)/t18-,20+,21+/m0/s1. The summed E-state index contributed by atoms with van der Waals surface area (Å²) >= 11 is 0. The van der Waals surface area contributed by atoms with Gasteiger partial charge >= 0.3 is 0 Å². The van der Waals surface area contributed by atoms with Crippen molar-refractivity contribution in [3.63, 3.8) is 0 Å². The van der Waals surface area contributed by atoms with Crippen LogP contribution in [0, 0.1) is 5.92 Å². The van der Waals surface area contributed by atoms with Gasteiger partial charge in [0.05, 0.1) is 18.7 Å². The zero-order chi connectivity index (χ0) is 19.3. The average molecular weight is 379 g/mol. The van der Waals surface area contributed by atoms with Crippen LogP contribution in [-0.4, -0.2) is 59.5 Å². The van der Waals surface area contributed by atoms with E-state index in [0.29, 0.717) is 30.0 Å². The normalized spacial score (nSPS) is 30.9. The fraction of sp³-hybridized carbons (Fsp3) is 0.455. The molecule has 0 saturated carbocycles. The number of methoxy groups -OCH3 is 1. The lowest BCUT2D eigenvalue weighted by Crippen LogP contribution is -2.60. The van der Waals surface area contributed by atoms with Crippen LogP contribution in [0.2, 0.25) is 0 Å². The van der Waals surface area contributed by atoms with E-state index in [1.807, 2.05) is 12.1 Å². The number of hydrogen-bond acceptors (Lipinski definition) is 4. The van der Waals surface area contributed by atoms with Crippen LogP contribution < -0.4 is 10.3 Å². The predicted molar refractivity (Wildman–Crippen MR) is 106 cm³/mol. The topological polar surface area (TPSA) is 65.6 Å². The first kappa shape index (κ1) is 17.5. The first-order valence-electron chi connectivity index (χ1n) is 10.0. The molecule has 0 radical (unpaired) electrons. The molecule has 3 atom stereocenters. The van der Waals surface area contributed by atoms with Gasteiger partial charge in [-0.2, -0.15) is 0 Å². The zero-order valence-corrected chi connectivity index (χ0v) is 16.0. The number of amides is 1. The molecule has 146 valence electrons. The van der Waals surface area contributed by atoms with Crippen LogP contribution in [0.5, 0.6) is 5.75 Å². The Bertz CT molecular complexity index is 910. The number of aromatic nitrogens is 1. The van der Waals surface area contributed by atoms with Gasteiger partial charge in [0.2, 0.25) is 5.56 Å². The third-order valence-corrected chi connectivity index (χ3v) is 6.83. The lowest BCUT2D eigenvalue weighted by Gasteiger charge is -2.51. The minimum Gasteiger partial charge on any atom is -0.497 e. The highest BCUT2D eigenvalue weighted by atomic mass is 16.5. The van der Waals surface area contributed by atoms with Crippen molar-refractivity contribution in [2.75, 3.05) is 26.7 Å². The van der Waals surface area contributed by atoms with Gasteiger partial charge in [-0.15, -0.1) is 0 Å². The number of carbonyl (C=O) groups excluding carboxylic acids is 1. The molecule has 4 saturated heterocycles. The van der Waals surface area contributed by atoms with Gasteiger partial charge in [-0.25, -0.2) is 0 Å². The fourth-order valence-corrected chi connectivity index (χ4v) is 5.51. The number of nitrogens with zero attached hydrogens (tertiary/aromatic N) is 2. The molecule has 28 heavy (non-hydrogen) atoms. The van der Waals surface area contributed by atoms with Crippen molar-refractivity contribution in [2.24, 2.45) is 5.92 Å². The lowest BCUT2D eigenvalue weighted by molar-refractivity contribution is -0.00342. The molecule has 0 spiro atoms. The van der Waals surface area contributed by atoms with Crippen LogP contribution in [0.1, 0.15) is 34.7 Å². The SMILES string of the molecule is COc1ccc([C@@H]2CN(C(=O)c3ccc(=O)[nH]c3)[C@@H]3C4CCN(CC4)[C@@H]32)cc1. The van der Waals surface area contributed by atoms with Gasteiger partial charge in [0, 0.05) is 30.8 Å². The number of pyridine rings is 1. The summed E-state index contributed by atoms with van der Waals surface area (Å²) in [6.45, 7) is 2.96. The maximum Gasteiger partial charge on any atom is 0.255 e. The molecule has 6 rings (SSSR count). The monoisotopic (exact) mass is 379 g/mol. The number of piperidine rings is 3. The number of ether oxygens (including phenoxy) is 1. The lowest BCUT2D eigenvalue weighted by atomic mass is 9.75. The zero-order valence-electron chi connectivity index (χ0n) is 16.0. The van der Waals surface area contributed by atoms with Crippen molar-refractivity contribution in [3.05, 3.63) is 64.1 Å². The second-order valence-corrected chi connectivity index (χ2v) is 8.13. The van der Waals surface area contributed by atoms with Crippen molar-refractivity contribution in [1.29, 1.82) is 0 Å². The summed E-state index contributed by atoms with van der Waals surface area (Å²) in [5.74, 6) is 1.73. The first-order valence-corrected chi connectivity index (χ1v) is 10.0. The van der Waals surface area contributed by atoms with Crippen LogP contribution in [0.4, 0.5) is 0 Å². The summed E-state index contributed by atoms with van der Waals surface area (Å²) in [6.07, 6.45) is 3.86. The summed E-state index contributed by atoms with van der Waals surface area (Å²) < 4.78 is 5.31. The highest BCUT2D eigenvalue weighted by molar-refractivity contribution is 5.94. The molecule has 4 aliphatic rings. The number of hydrogen-bond donors (Lipinski definition) is 1. The van der Waals surface area contributed by atoms with Gasteiger partial charge in [-0.05, 0) is 55.6 Å². The molecule has 6 nitrogen and oxygen atoms in total. The summed E-state index contributed by atoms with van der Waals surface area (Å²) in [7, 11) is 1.68. The van der Waals surface area contributed by atoms with E-state index in [1.54, 1.807) is 19.4 Å². The highest BCUT2D eigenvalue weighted by Gasteiger charge is 2.54. The minimum atomic E-state index is -0.185. The number of aromatic amines is 1. The van der Waals surface area contributed by atoms with Gasteiger partial charge in [0.25, 0.3) is 5.91 Å². The second-order valence-electron chi connectivity index (χ2n) is 8.13. The second kappa shape index (κ2) is 6.78. The largest absolute Gasteiger partial charge is 0.497 e. The van der Waals surface area contributed by atoms with Crippen LogP contribution in [0.15, 0.2) is 47.4 Å². The van der Waals surface area contributed by atoms with E-state index in [1.165, 1.54) is 11.6 Å². The molecule has 0 aliphatic carbocycles. The van der Waals surface area contributed by atoms with E-state index in [4.69, 9.17) is 4.74 Å². The molecule has 4 fully saturated rings. The number of fused-ring (bicyclic) bond motifs is 2. The minimum absolute atomic E-state index is 0.0241. The molecule has 1 aromatic carbocycles. The smallest absolute Gasteiger partial charge is 0.255 e. The number of rotatable bonds is 3. The van der Waals surface area contributed by atoms with Crippen LogP contribution in [-0.2, 0) is 0 Å². The Morgan fingerprint density at radius 1 is 1.07 bits per heavy atom. The van der Waals surface area contributed by atoms with E-state index >= 15 is 0 Å². The predicted octanol–water partition coefficient (Wildman–Crippen LogP) is 2.09. The number of likely N-dealkylation sites (tertiary alicyclic amines) is 1. The van der Waals surface area contributed by atoms with E-state index in [2.05, 4.69) is 26.9 Å². The van der Waals surface area contributed by atoms with Gasteiger partial charge in [-0.3, -0.25) is 14.5 Å². The van der Waals surface area contributed by atoms with Crippen LogP contribution in [0.25, 0.3) is 0 Å². The van der Waals surface area contributed by atoms with Crippen molar-refractivity contribution >= 4 is 5.91 Å². The molecule has 1 aromatic heterocycles. The van der Waals surface area contributed by atoms with Crippen molar-refractivity contribution in [3.8, 4) is 5.75 Å². The van der Waals surface area contributed by atoms with Crippen LogP contribution >= 0.6 is 0 Å². The van der Waals surface area contributed by atoms with Gasteiger partial charge in [0.15, 0.2) is 0 Å². The quantitative estimate of drug-likeness (QED) is 0.887. The molecule has 2 bridgehead atoms. The number of H-pyrrole nitrogens is 1. The maximum atomic E-state index is 13.3. The van der Waals surface area contributed by atoms with Gasteiger partial charge in [0.1, 0.15) is 5.75 Å². The average Bonchev–Trinajstić information content (AvgIpc) is 3.17. The molecule has 0 unspecified atom stereocenters. The number of carbonyl (C=O) groups is 1. The Morgan fingerprint density at radius 2 is 1.82 bits per heavy atom. The third kappa shape index (κ3) is 2.75. The fourth-order valence-electron chi connectivity index (χ4n) is 5.51. The van der Waals surface area contributed by atoms with Crippen LogP contribution in [0.3, 0.4) is 0 Å². The molecule has 5 heterocycles. The van der Waals surface area contributed by atoms with Crippen molar-refractivity contribution < 1.29 is 9.53 Å². The Hall–Kier alpha value is -2.60. The molecule has 4 aliphatic heterocycles. The Morgan fingerprint density at radius 3 is 2.46 bits per heavy atom. The Kier molecular flexibility index (Phi) is 4.23. The number of benzene rings is 1. The number of nitrogens with one attached hydrogen (secondary N) is 1. The van der Waals surface area contributed by atoms with Gasteiger partial charge in [-0.1, -0.05) is 12.1 Å². The molecular weight excluding hydrogens is 354 g/mol. The van der Waals surface area contributed by atoms with E-state index in [9.17, 15) is 9.59 Å². The molecule has 6 heteroatoms. The summed E-state index contributed by atoms with van der Waals surface area (Å²) in [5.41, 5.74) is 1.64. The molecule has 2 aromatic rings. The van der Waals surface area contributed by atoms with Crippen molar-refractivity contribution in [1.82, 2.24) is 14.8 Å². The molecule has 1 N–H and O–H groups in total. The van der Waals surface area contributed by atoms with E-state index in [0.717, 1.165) is 31.7 Å². The molecular formula is C22H25N3O3. The Labute approximate surface area is 164 Å². The summed E-state index contributed by atoms with van der Waals surface area (Å²) in [4.78, 5) is 32.0. The Balaban J connectivity index is 1.50. The van der Waals surface area contributed by atoms with Gasteiger partial charge < -0.3 is 14.6 Å². The van der Waals surface area contributed by atoms with E-state index < -0.39 is 0 Å². The summed E-state index contributed by atoms with van der Waals surface area (Å²) in [5, 5.41) is 0.